The van der Waals surface area contributed by atoms with Gasteiger partial charge in [0.15, 0.2) is 0 Å². The molecule has 0 bridgehead atoms. The monoisotopic (exact) mass is 664 g/mol. The fourth-order valence-corrected chi connectivity index (χ4v) is 8.17. The molecule has 0 fully saturated rings. The fourth-order valence-electron chi connectivity index (χ4n) is 8.17. The van der Waals surface area contributed by atoms with Crippen molar-refractivity contribution < 1.29 is 0 Å². The molecule has 0 atom stereocenters. The summed E-state index contributed by atoms with van der Waals surface area (Å²) in [6.07, 6.45) is 8.92. The van der Waals surface area contributed by atoms with Gasteiger partial charge in [0, 0.05) is 0 Å². The van der Waals surface area contributed by atoms with Gasteiger partial charge >= 0.3 is 0 Å². The molecule has 0 radical (unpaired) electrons. The van der Waals surface area contributed by atoms with Crippen LogP contribution in [0.3, 0.4) is 0 Å². The predicted molar refractivity (Wildman–Crippen MR) is 224 cm³/mol. The van der Waals surface area contributed by atoms with Crippen LogP contribution in [0.4, 0.5) is 0 Å². The molecule has 0 heteroatoms. The van der Waals surface area contributed by atoms with E-state index in [4.69, 9.17) is 0 Å². The van der Waals surface area contributed by atoms with Crippen LogP contribution in [-0.4, -0.2) is 0 Å². The first-order chi connectivity index (χ1) is 25.6. The molecule has 0 aliphatic heterocycles. The highest BCUT2D eigenvalue weighted by atomic mass is 14.2. The van der Waals surface area contributed by atoms with Gasteiger partial charge in [0.25, 0.3) is 0 Å². The highest BCUT2D eigenvalue weighted by molar-refractivity contribution is 6.23. The Morgan fingerprint density at radius 3 is 1.23 bits per heavy atom. The van der Waals surface area contributed by atoms with Crippen LogP contribution in [0.1, 0.15) is 29.5 Å². The number of benzene rings is 8. The van der Waals surface area contributed by atoms with Crippen molar-refractivity contribution in [2.75, 3.05) is 0 Å². The maximum absolute atomic E-state index is 2.47. The summed E-state index contributed by atoms with van der Waals surface area (Å²) in [6, 6.07) is 60.6. The Morgan fingerprint density at radius 1 is 0.365 bits per heavy atom. The molecule has 8 aromatic rings. The first kappa shape index (κ1) is 31.7. The Balaban J connectivity index is 1.37. The number of fused-ring (bicyclic) bond motifs is 2. The molecule has 9 rings (SSSR count). The van der Waals surface area contributed by atoms with Gasteiger partial charge in [-0.1, -0.05) is 170 Å². The van der Waals surface area contributed by atoms with Gasteiger partial charge in [-0.25, -0.2) is 0 Å². The lowest BCUT2D eigenvalue weighted by molar-refractivity contribution is 1.05. The lowest BCUT2D eigenvalue weighted by atomic mass is 9.81. The number of rotatable bonds is 6. The summed E-state index contributed by atoms with van der Waals surface area (Å²) in [5, 5.41) is 5.13. The van der Waals surface area contributed by atoms with Gasteiger partial charge in [0.05, 0.1) is 0 Å². The maximum atomic E-state index is 2.47. The van der Waals surface area contributed by atoms with Crippen LogP contribution < -0.4 is 0 Å². The lowest BCUT2D eigenvalue weighted by Gasteiger charge is -2.22. The number of aryl methyl sites for hydroxylation is 2. The van der Waals surface area contributed by atoms with Crippen LogP contribution in [0.2, 0.25) is 0 Å². The minimum atomic E-state index is 1.06. The maximum Gasteiger partial charge on any atom is -0.00235 e. The summed E-state index contributed by atoms with van der Waals surface area (Å²) in [4.78, 5) is 0. The van der Waals surface area contributed by atoms with Gasteiger partial charge < -0.3 is 0 Å². The largest absolute Gasteiger partial charge is 0.0842 e. The van der Waals surface area contributed by atoms with Crippen molar-refractivity contribution in [1.82, 2.24) is 0 Å². The van der Waals surface area contributed by atoms with Crippen LogP contribution in [0.5, 0.6) is 0 Å². The zero-order chi connectivity index (χ0) is 35.0. The molecule has 0 saturated carbocycles. The van der Waals surface area contributed by atoms with Crippen molar-refractivity contribution in [1.29, 1.82) is 0 Å². The quantitative estimate of drug-likeness (QED) is 0.155. The second kappa shape index (κ2) is 13.5. The second-order valence-electron chi connectivity index (χ2n) is 14.1. The average molecular weight is 665 g/mol. The van der Waals surface area contributed by atoms with Crippen LogP contribution in [0.15, 0.2) is 182 Å². The first-order valence-corrected chi connectivity index (χ1v) is 18.4. The summed E-state index contributed by atoms with van der Waals surface area (Å²) in [6.45, 7) is 4.55. The van der Waals surface area contributed by atoms with Crippen molar-refractivity contribution in [3.8, 4) is 55.6 Å². The van der Waals surface area contributed by atoms with Crippen LogP contribution in [-0.2, 0) is 0 Å². The Kier molecular flexibility index (Phi) is 8.22. The van der Waals surface area contributed by atoms with Crippen molar-refractivity contribution in [3.63, 3.8) is 0 Å². The highest BCUT2D eigenvalue weighted by Crippen LogP contribution is 2.48. The van der Waals surface area contributed by atoms with Gasteiger partial charge in [-0.15, -0.1) is 0 Å². The van der Waals surface area contributed by atoms with E-state index in [-0.39, 0.29) is 0 Å². The molecule has 8 aromatic carbocycles. The summed E-state index contributed by atoms with van der Waals surface area (Å²) < 4.78 is 0. The van der Waals surface area contributed by atoms with Gasteiger partial charge in [-0.05, 0) is 138 Å². The standard InChI is InChI=1S/C52H40/c1-35-31-41(37-15-7-3-8-16-37)23-27-45(35)51-47-29-25-44(40-21-13-6-14-22-40)34-50(47)52(46-28-24-42(32-36(46)2)38-17-9-4-10-18-38)48-30-26-43(33-49(48)51)39-19-11-5-12-20-39/h3-13,15-21,23-34H,14,22H2,1-2H3. The topological polar surface area (TPSA) is 0 Å². The third kappa shape index (κ3) is 5.77. The molecule has 0 heterocycles. The van der Waals surface area contributed by atoms with Gasteiger partial charge in [0.1, 0.15) is 0 Å². The molecular weight excluding hydrogens is 625 g/mol. The molecule has 0 saturated heterocycles. The third-order valence-corrected chi connectivity index (χ3v) is 10.8. The minimum absolute atomic E-state index is 1.06. The van der Waals surface area contributed by atoms with Crippen molar-refractivity contribution in [2.24, 2.45) is 0 Å². The van der Waals surface area contributed by atoms with Crippen molar-refractivity contribution in [2.45, 2.75) is 26.7 Å². The zero-order valence-corrected chi connectivity index (χ0v) is 29.7. The normalized spacial score (nSPS) is 12.7. The predicted octanol–water partition coefficient (Wildman–Crippen LogP) is 14.7. The second-order valence-corrected chi connectivity index (χ2v) is 14.1. The van der Waals surface area contributed by atoms with E-state index in [0.29, 0.717) is 0 Å². The first-order valence-electron chi connectivity index (χ1n) is 18.4. The van der Waals surface area contributed by atoms with E-state index < -0.39 is 0 Å². The van der Waals surface area contributed by atoms with Gasteiger partial charge in [-0.3, -0.25) is 0 Å². The van der Waals surface area contributed by atoms with Crippen LogP contribution in [0.25, 0.3) is 82.8 Å². The Bertz CT molecular complexity index is 2660. The molecule has 52 heavy (non-hydrogen) atoms. The van der Waals surface area contributed by atoms with E-state index in [1.165, 1.54) is 99.4 Å². The van der Waals surface area contributed by atoms with Gasteiger partial charge in [-0.2, -0.15) is 0 Å². The van der Waals surface area contributed by atoms with E-state index in [2.05, 4.69) is 196 Å². The molecule has 0 nitrogen and oxygen atoms in total. The van der Waals surface area contributed by atoms with Crippen LogP contribution in [0, 0.1) is 13.8 Å². The minimum Gasteiger partial charge on any atom is -0.0842 e. The van der Waals surface area contributed by atoms with E-state index in [1.54, 1.807) is 0 Å². The number of hydrogen-bond donors (Lipinski definition) is 0. The van der Waals surface area contributed by atoms with E-state index in [0.717, 1.165) is 12.8 Å². The van der Waals surface area contributed by atoms with Crippen LogP contribution >= 0.6 is 0 Å². The SMILES string of the molecule is Cc1cc(-c2ccccc2)ccc1-c1c2ccc(-c3ccccc3)cc2c(-c2ccc(-c3ccccc3)cc2C)c2ccc(C3=CC=CCC3)cc12. The van der Waals surface area contributed by atoms with E-state index in [1.807, 2.05) is 0 Å². The molecular formula is C52H40. The molecule has 0 N–H and O–H groups in total. The molecule has 0 spiro atoms. The Hall–Kier alpha value is -6.24. The lowest BCUT2D eigenvalue weighted by Crippen LogP contribution is -1.96. The van der Waals surface area contributed by atoms with Crippen molar-refractivity contribution in [3.05, 3.63) is 199 Å². The fraction of sp³-hybridized carbons (Fsp3) is 0.0769. The molecule has 1 aliphatic carbocycles. The smallest absolute Gasteiger partial charge is 0.00235 e. The van der Waals surface area contributed by atoms with E-state index >= 15 is 0 Å². The average Bonchev–Trinajstić information content (AvgIpc) is 3.21. The number of hydrogen-bond acceptors (Lipinski definition) is 0. The molecule has 1 aliphatic rings. The molecule has 248 valence electrons. The summed E-state index contributed by atoms with van der Waals surface area (Å²) in [5.74, 6) is 0. The summed E-state index contributed by atoms with van der Waals surface area (Å²) >= 11 is 0. The third-order valence-electron chi connectivity index (χ3n) is 10.8. The summed E-state index contributed by atoms with van der Waals surface area (Å²) in [5.41, 5.74) is 17.8. The molecule has 0 amide bonds. The highest BCUT2D eigenvalue weighted by Gasteiger charge is 2.21. The zero-order valence-electron chi connectivity index (χ0n) is 29.7. The Labute approximate surface area is 307 Å². The van der Waals surface area contributed by atoms with Gasteiger partial charge in [0.2, 0.25) is 0 Å². The van der Waals surface area contributed by atoms with E-state index in [9.17, 15) is 0 Å². The van der Waals surface area contributed by atoms with Crippen molar-refractivity contribution >= 4 is 27.1 Å². The molecule has 0 aromatic heterocycles. The number of allylic oxidation sites excluding steroid dienone is 4. The summed E-state index contributed by atoms with van der Waals surface area (Å²) in [7, 11) is 0. The molecule has 0 unspecified atom stereocenters. The Morgan fingerprint density at radius 2 is 0.788 bits per heavy atom.